The number of amides is 1. The summed E-state index contributed by atoms with van der Waals surface area (Å²) >= 11 is 0. The number of rotatable bonds is 2. The molecule has 3 aromatic rings. The Labute approximate surface area is 144 Å². The number of nitrogens with one attached hydrogen (secondary N) is 2. The number of aromatic amines is 2. The highest BCUT2D eigenvalue weighted by molar-refractivity contribution is 5.94. The van der Waals surface area contributed by atoms with Gasteiger partial charge in [-0.1, -0.05) is 12.1 Å². The first-order valence-electron chi connectivity index (χ1n) is 8.58. The number of para-hydroxylation sites is 2. The number of fused-ring (bicyclic) bond motifs is 1. The van der Waals surface area contributed by atoms with Gasteiger partial charge in [-0.3, -0.25) is 9.59 Å². The van der Waals surface area contributed by atoms with E-state index < -0.39 is 0 Å². The molecule has 2 N–H and O–H groups in total. The first-order valence-corrected chi connectivity index (χ1v) is 8.58. The van der Waals surface area contributed by atoms with Crippen LogP contribution < -0.4 is 5.56 Å². The van der Waals surface area contributed by atoms with Crippen LogP contribution in [0.3, 0.4) is 0 Å². The van der Waals surface area contributed by atoms with Gasteiger partial charge in [0.25, 0.3) is 5.91 Å². The van der Waals surface area contributed by atoms with Gasteiger partial charge in [0.1, 0.15) is 5.82 Å². The third-order valence-corrected chi connectivity index (χ3v) is 4.71. The predicted molar refractivity (Wildman–Crippen MR) is 95.5 cm³/mol. The molecule has 0 radical (unpaired) electrons. The van der Waals surface area contributed by atoms with E-state index in [0.717, 1.165) is 36.1 Å². The van der Waals surface area contributed by atoms with Crippen LogP contribution in [0.25, 0.3) is 11.0 Å². The van der Waals surface area contributed by atoms with Crippen LogP contribution in [-0.2, 0) is 0 Å². The summed E-state index contributed by atoms with van der Waals surface area (Å²) in [5, 5.41) is 0. The second-order valence-corrected chi connectivity index (χ2v) is 6.57. The van der Waals surface area contributed by atoms with Crippen LogP contribution in [0.15, 0.2) is 41.2 Å². The highest BCUT2D eigenvalue weighted by Crippen LogP contribution is 2.31. The average Bonchev–Trinajstić information content (AvgIpc) is 3.04. The summed E-state index contributed by atoms with van der Waals surface area (Å²) in [6.07, 6.45) is 2.89. The molecule has 1 aliphatic rings. The van der Waals surface area contributed by atoms with Crippen molar-refractivity contribution in [1.29, 1.82) is 0 Å². The lowest BCUT2D eigenvalue weighted by Gasteiger charge is -2.34. The fourth-order valence-corrected chi connectivity index (χ4v) is 3.56. The molecule has 0 unspecified atom stereocenters. The Hall–Kier alpha value is -2.89. The van der Waals surface area contributed by atoms with Crippen molar-refractivity contribution in [1.82, 2.24) is 19.9 Å². The number of carbonyl (C=O) groups excluding carboxylic acids is 1. The highest BCUT2D eigenvalue weighted by Gasteiger charge is 2.31. The number of aromatic nitrogens is 3. The van der Waals surface area contributed by atoms with Crippen LogP contribution in [0.1, 0.15) is 47.2 Å². The molecule has 6 nitrogen and oxygen atoms in total. The van der Waals surface area contributed by atoms with E-state index in [2.05, 4.69) is 15.0 Å². The molecule has 1 aromatic carbocycles. The van der Waals surface area contributed by atoms with Gasteiger partial charge >= 0.3 is 0 Å². The minimum absolute atomic E-state index is 0.0896. The summed E-state index contributed by atoms with van der Waals surface area (Å²) in [4.78, 5) is 37.3. The largest absolute Gasteiger partial charge is 0.340 e. The maximum atomic E-state index is 13.0. The maximum Gasteiger partial charge on any atom is 0.254 e. The number of imidazole rings is 1. The Bertz CT molecular complexity index is 955. The number of carbonyl (C=O) groups is 1. The van der Waals surface area contributed by atoms with Gasteiger partial charge in [-0.15, -0.1) is 0 Å². The summed E-state index contributed by atoms with van der Waals surface area (Å²) in [5.41, 5.74) is 2.75. The van der Waals surface area contributed by atoms with Crippen LogP contribution in [-0.4, -0.2) is 32.3 Å². The van der Waals surface area contributed by atoms with E-state index in [4.69, 9.17) is 0 Å². The van der Waals surface area contributed by atoms with Crippen molar-refractivity contribution in [3.05, 3.63) is 63.8 Å². The van der Waals surface area contributed by atoms with Gasteiger partial charge in [0, 0.05) is 23.9 Å². The van der Waals surface area contributed by atoms with Crippen molar-refractivity contribution in [2.45, 2.75) is 32.2 Å². The van der Waals surface area contributed by atoms with Gasteiger partial charge in [-0.05, 0) is 44.4 Å². The Morgan fingerprint density at radius 3 is 2.84 bits per heavy atom. The van der Waals surface area contributed by atoms with Crippen LogP contribution in [0.4, 0.5) is 0 Å². The van der Waals surface area contributed by atoms with Gasteiger partial charge in [0.15, 0.2) is 0 Å². The Morgan fingerprint density at radius 1 is 1.20 bits per heavy atom. The smallest absolute Gasteiger partial charge is 0.254 e. The Morgan fingerprint density at radius 2 is 2.04 bits per heavy atom. The zero-order valence-electron chi connectivity index (χ0n) is 14.1. The average molecular weight is 336 g/mol. The Kier molecular flexibility index (Phi) is 3.87. The van der Waals surface area contributed by atoms with Gasteiger partial charge < -0.3 is 14.9 Å². The van der Waals surface area contributed by atoms with E-state index in [9.17, 15) is 9.59 Å². The molecule has 2 aromatic heterocycles. The number of nitrogens with zero attached hydrogens (tertiary/aromatic N) is 2. The van der Waals surface area contributed by atoms with Crippen molar-refractivity contribution in [2.75, 3.05) is 6.54 Å². The maximum absolute atomic E-state index is 13.0. The van der Waals surface area contributed by atoms with Gasteiger partial charge in [-0.25, -0.2) is 4.98 Å². The van der Waals surface area contributed by atoms with Gasteiger partial charge in [0.05, 0.1) is 17.1 Å². The fourth-order valence-electron chi connectivity index (χ4n) is 3.56. The third kappa shape index (κ3) is 2.95. The molecule has 1 fully saturated rings. The fraction of sp³-hybridized carbons (Fsp3) is 0.316. The van der Waals surface area contributed by atoms with E-state index in [-0.39, 0.29) is 17.5 Å². The molecule has 4 rings (SSSR count). The third-order valence-electron chi connectivity index (χ3n) is 4.71. The SMILES string of the molecule is Cc1cc(C(=O)N2CCCC[C@H]2c2nc3ccccc3[nH]2)cc(=O)[nH]1. The summed E-state index contributed by atoms with van der Waals surface area (Å²) in [7, 11) is 0. The second-order valence-electron chi connectivity index (χ2n) is 6.57. The van der Waals surface area contributed by atoms with Crippen molar-refractivity contribution < 1.29 is 4.79 Å². The molecule has 3 heterocycles. The van der Waals surface area contributed by atoms with E-state index in [1.54, 1.807) is 13.0 Å². The molecule has 1 amide bonds. The molecule has 25 heavy (non-hydrogen) atoms. The lowest BCUT2D eigenvalue weighted by molar-refractivity contribution is 0.0601. The van der Waals surface area contributed by atoms with Crippen LogP contribution in [0.2, 0.25) is 0 Å². The number of piperidine rings is 1. The molecular formula is C19H20N4O2. The van der Waals surface area contributed by atoms with Crippen molar-refractivity contribution in [3.8, 4) is 0 Å². The standard InChI is InChI=1S/C19H20N4O2/c1-12-10-13(11-17(24)20-12)19(25)23-9-5-4-8-16(23)18-21-14-6-2-3-7-15(14)22-18/h2-3,6-7,10-11,16H,4-5,8-9H2,1H3,(H,20,24)(H,21,22)/t16-/m0/s1. The van der Waals surface area contributed by atoms with E-state index in [1.165, 1.54) is 6.07 Å². The van der Waals surface area contributed by atoms with E-state index in [0.29, 0.717) is 17.8 Å². The minimum Gasteiger partial charge on any atom is -0.340 e. The van der Waals surface area contributed by atoms with Crippen molar-refractivity contribution >= 4 is 16.9 Å². The normalized spacial score (nSPS) is 17.8. The Balaban J connectivity index is 1.71. The molecule has 0 aliphatic carbocycles. The molecule has 0 bridgehead atoms. The minimum atomic E-state index is -0.249. The van der Waals surface area contributed by atoms with Crippen LogP contribution >= 0.6 is 0 Å². The number of benzene rings is 1. The monoisotopic (exact) mass is 336 g/mol. The summed E-state index contributed by atoms with van der Waals surface area (Å²) in [6.45, 7) is 2.46. The number of H-pyrrole nitrogens is 2. The topological polar surface area (TPSA) is 81.8 Å². The second kappa shape index (κ2) is 6.20. The van der Waals surface area contributed by atoms with Crippen molar-refractivity contribution in [3.63, 3.8) is 0 Å². The number of hydrogen-bond donors (Lipinski definition) is 2. The summed E-state index contributed by atoms with van der Waals surface area (Å²) < 4.78 is 0. The lowest BCUT2D eigenvalue weighted by atomic mass is 10.00. The molecule has 6 heteroatoms. The molecular weight excluding hydrogens is 316 g/mol. The molecule has 1 atom stereocenters. The number of hydrogen-bond acceptors (Lipinski definition) is 3. The first kappa shape index (κ1) is 15.6. The first-order chi connectivity index (χ1) is 12.1. The number of aryl methyl sites for hydroxylation is 1. The van der Waals surface area contributed by atoms with Crippen molar-refractivity contribution in [2.24, 2.45) is 0 Å². The molecule has 128 valence electrons. The summed E-state index contributed by atoms with van der Waals surface area (Å²) in [6, 6.07) is 10.9. The molecule has 1 aliphatic heterocycles. The molecule has 1 saturated heterocycles. The molecule has 0 spiro atoms. The quantitative estimate of drug-likeness (QED) is 0.755. The number of likely N-dealkylation sites (tertiary alicyclic amines) is 1. The zero-order valence-corrected chi connectivity index (χ0v) is 14.1. The molecule has 0 saturated carbocycles. The van der Waals surface area contributed by atoms with Crippen LogP contribution in [0.5, 0.6) is 0 Å². The zero-order chi connectivity index (χ0) is 17.4. The van der Waals surface area contributed by atoms with E-state index >= 15 is 0 Å². The lowest BCUT2D eigenvalue weighted by Crippen LogP contribution is -2.39. The highest BCUT2D eigenvalue weighted by atomic mass is 16.2. The number of pyridine rings is 1. The van der Waals surface area contributed by atoms with Gasteiger partial charge in [-0.2, -0.15) is 0 Å². The summed E-state index contributed by atoms with van der Waals surface area (Å²) in [5.74, 6) is 0.704. The van der Waals surface area contributed by atoms with Gasteiger partial charge in [0.2, 0.25) is 5.56 Å². The predicted octanol–water partition coefficient (Wildman–Crippen LogP) is 2.93. The van der Waals surface area contributed by atoms with Crippen LogP contribution in [0, 0.1) is 6.92 Å². The van der Waals surface area contributed by atoms with E-state index in [1.807, 2.05) is 29.2 Å².